The first-order valence-corrected chi connectivity index (χ1v) is 6.57. The monoisotopic (exact) mass is 233 g/mol. The molecule has 1 atom stereocenters. The molecule has 2 rings (SSSR count). The van der Waals surface area contributed by atoms with Gasteiger partial charge in [-0.25, -0.2) is 0 Å². The van der Waals surface area contributed by atoms with Crippen LogP contribution in [0.15, 0.2) is 12.1 Å². The van der Waals surface area contributed by atoms with Crippen molar-refractivity contribution >= 4 is 0 Å². The number of aromatic nitrogens is 1. The molecule has 3 nitrogen and oxygen atoms in total. The number of hydrogen-bond donors (Lipinski definition) is 1. The van der Waals surface area contributed by atoms with Crippen molar-refractivity contribution < 1.29 is 0 Å². The molecule has 0 radical (unpaired) electrons. The van der Waals surface area contributed by atoms with Crippen molar-refractivity contribution in [2.75, 3.05) is 26.2 Å². The summed E-state index contributed by atoms with van der Waals surface area (Å²) in [6, 6.07) is 5.00. The number of nitrogens with one attached hydrogen (secondary N) is 1. The molecule has 1 saturated heterocycles. The maximum Gasteiger partial charge on any atom is 0.0378 e. The van der Waals surface area contributed by atoms with E-state index in [1.807, 2.05) is 0 Å². The second-order valence-corrected chi connectivity index (χ2v) is 5.01. The van der Waals surface area contributed by atoms with E-state index in [0.29, 0.717) is 6.04 Å². The third kappa shape index (κ3) is 3.51. The molecular formula is C14H23N3. The van der Waals surface area contributed by atoms with Crippen LogP contribution in [0.1, 0.15) is 23.9 Å². The van der Waals surface area contributed by atoms with Gasteiger partial charge in [-0.15, -0.1) is 0 Å². The first-order valence-electron chi connectivity index (χ1n) is 6.57. The van der Waals surface area contributed by atoms with Crippen LogP contribution in [0.25, 0.3) is 0 Å². The van der Waals surface area contributed by atoms with Crippen molar-refractivity contribution in [3.05, 3.63) is 29.1 Å². The molecule has 1 aromatic heterocycles. The molecule has 1 aromatic rings. The van der Waals surface area contributed by atoms with Gasteiger partial charge in [-0.1, -0.05) is 6.92 Å². The molecule has 0 aromatic carbocycles. The quantitative estimate of drug-likeness (QED) is 0.858. The molecule has 0 spiro atoms. The highest BCUT2D eigenvalue weighted by Crippen LogP contribution is 2.10. The largest absolute Gasteiger partial charge is 0.311 e. The van der Waals surface area contributed by atoms with E-state index in [1.165, 1.54) is 12.1 Å². The highest BCUT2D eigenvalue weighted by molar-refractivity contribution is 5.21. The molecule has 94 valence electrons. The van der Waals surface area contributed by atoms with Gasteiger partial charge in [0.2, 0.25) is 0 Å². The van der Waals surface area contributed by atoms with Gasteiger partial charge < -0.3 is 10.2 Å². The molecule has 1 aliphatic rings. The van der Waals surface area contributed by atoms with Crippen molar-refractivity contribution in [3.63, 3.8) is 0 Å². The maximum atomic E-state index is 4.43. The molecule has 17 heavy (non-hydrogen) atoms. The molecule has 1 aliphatic heterocycles. The minimum absolute atomic E-state index is 0.588. The number of aryl methyl sites for hydroxylation is 2. The van der Waals surface area contributed by atoms with Gasteiger partial charge in [0.25, 0.3) is 0 Å². The molecule has 0 aliphatic carbocycles. The molecule has 1 unspecified atom stereocenters. The Kier molecular flexibility index (Phi) is 4.13. The van der Waals surface area contributed by atoms with Crippen LogP contribution >= 0.6 is 0 Å². The minimum Gasteiger partial charge on any atom is -0.311 e. The Morgan fingerprint density at radius 1 is 1.35 bits per heavy atom. The fourth-order valence-corrected chi connectivity index (χ4v) is 2.64. The zero-order valence-corrected chi connectivity index (χ0v) is 11.2. The summed E-state index contributed by atoms with van der Waals surface area (Å²) >= 11 is 0. The van der Waals surface area contributed by atoms with Crippen LogP contribution in [0, 0.1) is 13.8 Å². The highest BCUT2D eigenvalue weighted by Gasteiger charge is 2.18. The van der Waals surface area contributed by atoms with E-state index in [-0.39, 0.29) is 0 Å². The zero-order chi connectivity index (χ0) is 12.3. The van der Waals surface area contributed by atoms with Crippen LogP contribution in [0.4, 0.5) is 0 Å². The van der Waals surface area contributed by atoms with Crippen molar-refractivity contribution in [1.29, 1.82) is 0 Å². The number of rotatable bonds is 3. The normalized spacial score (nSPS) is 21.7. The number of piperazine rings is 1. The van der Waals surface area contributed by atoms with Crippen LogP contribution < -0.4 is 5.32 Å². The molecule has 0 bridgehead atoms. The molecular weight excluding hydrogens is 210 g/mol. The summed E-state index contributed by atoms with van der Waals surface area (Å²) in [6.07, 6.45) is 1.11. The first kappa shape index (κ1) is 12.5. The first-order chi connectivity index (χ1) is 8.17. The minimum atomic E-state index is 0.588. The van der Waals surface area contributed by atoms with E-state index in [9.17, 15) is 0 Å². The third-order valence-electron chi connectivity index (χ3n) is 3.41. The molecule has 1 N–H and O–H groups in total. The van der Waals surface area contributed by atoms with Crippen molar-refractivity contribution in [2.45, 2.75) is 33.2 Å². The van der Waals surface area contributed by atoms with Crippen LogP contribution in [0.5, 0.6) is 0 Å². The summed E-state index contributed by atoms with van der Waals surface area (Å²) in [6.45, 7) is 11.0. The van der Waals surface area contributed by atoms with Gasteiger partial charge >= 0.3 is 0 Å². The van der Waals surface area contributed by atoms with Gasteiger partial charge in [0, 0.05) is 37.1 Å². The van der Waals surface area contributed by atoms with E-state index >= 15 is 0 Å². The molecule has 2 heterocycles. The second-order valence-electron chi connectivity index (χ2n) is 5.01. The van der Waals surface area contributed by atoms with Crippen molar-refractivity contribution in [1.82, 2.24) is 15.2 Å². The average molecular weight is 233 g/mol. The Morgan fingerprint density at radius 3 is 2.71 bits per heavy atom. The van der Waals surface area contributed by atoms with E-state index < -0.39 is 0 Å². The lowest BCUT2D eigenvalue weighted by Gasteiger charge is -2.33. The fourth-order valence-electron chi connectivity index (χ4n) is 2.64. The third-order valence-corrected chi connectivity index (χ3v) is 3.41. The molecule has 0 amide bonds. The van der Waals surface area contributed by atoms with Crippen molar-refractivity contribution in [2.24, 2.45) is 0 Å². The number of likely N-dealkylation sites (N-methyl/N-ethyl adjacent to an activating group) is 1. The van der Waals surface area contributed by atoms with E-state index in [0.717, 1.165) is 37.4 Å². The Bertz CT molecular complexity index is 355. The standard InChI is InChI=1S/C14H23N3/c1-4-17-6-5-15-14(10-17)9-13-7-11(2)16-12(3)8-13/h7-8,14-15H,4-6,9-10H2,1-3H3. The van der Waals surface area contributed by atoms with E-state index in [1.54, 1.807) is 0 Å². The van der Waals surface area contributed by atoms with E-state index in [2.05, 4.69) is 48.1 Å². The van der Waals surface area contributed by atoms with Gasteiger partial charge in [0.15, 0.2) is 0 Å². The summed E-state index contributed by atoms with van der Waals surface area (Å²) in [7, 11) is 0. The maximum absolute atomic E-state index is 4.43. The predicted molar refractivity (Wildman–Crippen MR) is 71.3 cm³/mol. The van der Waals surface area contributed by atoms with Gasteiger partial charge in [0.05, 0.1) is 0 Å². The number of hydrogen-bond acceptors (Lipinski definition) is 3. The second kappa shape index (κ2) is 5.61. The van der Waals surface area contributed by atoms with Crippen LogP contribution in [-0.4, -0.2) is 42.1 Å². The van der Waals surface area contributed by atoms with Gasteiger partial charge in [-0.3, -0.25) is 4.98 Å². The van der Waals surface area contributed by atoms with E-state index in [4.69, 9.17) is 0 Å². The van der Waals surface area contributed by atoms with Gasteiger partial charge in [0.1, 0.15) is 0 Å². The van der Waals surface area contributed by atoms with Crippen LogP contribution in [0.2, 0.25) is 0 Å². The van der Waals surface area contributed by atoms with Gasteiger partial charge in [-0.2, -0.15) is 0 Å². The van der Waals surface area contributed by atoms with Crippen molar-refractivity contribution in [3.8, 4) is 0 Å². The highest BCUT2D eigenvalue weighted by atomic mass is 15.2. The molecule has 3 heteroatoms. The Morgan fingerprint density at radius 2 is 2.06 bits per heavy atom. The Labute approximate surface area is 104 Å². The zero-order valence-electron chi connectivity index (χ0n) is 11.2. The van der Waals surface area contributed by atoms with Crippen LogP contribution in [0.3, 0.4) is 0 Å². The summed E-state index contributed by atoms with van der Waals surface area (Å²) in [5, 5.41) is 3.61. The number of nitrogens with zero attached hydrogens (tertiary/aromatic N) is 2. The topological polar surface area (TPSA) is 28.2 Å². The lowest BCUT2D eigenvalue weighted by Crippen LogP contribution is -2.51. The smallest absolute Gasteiger partial charge is 0.0378 e. The lowest BCUT2D eigenvalue weighted by atomic mass is 10.0. The lowest BCUT2D eigenvalue weighted by molar-refractivity contribution is 0.208. The van der Waals surface area contributed by atoms with Crippen LogP contribution in [-0.2, 0) is 6.42 Å². The summed E-state index contributed by atoms with van der Waals surface area (Å²) < 4.78 is 0. The Balaban J connectivity index is 2.00. The molecule has 1 fully saturated rings. The summed E-state index contributed by atoms with van der Waals surface area (Å²) in [4.78, 5) is 6.94. The SMILES string of the molecule is CCN1CCNC(Cc2cc(C)nc(C)c2)C1. The van der Waals surface area contributed by atoms with Gasteiger partial charge in [-0.05, 0) is 44.5 Å². The molecule has 0 saturated carbocycles. The summed E-state index contributed by atoms with van der Waals surface area (Å²) in [5.74, 6) is 0. The number of pyridine rings is 1. The predicted octanol–water partition coefficient (Wildman–Crippen LogP) is 1.53. The average Bonchev–Trinajstić information content (AvgIpc) is 2.28. The fraction of sp³-hybridized carbons (Fsp3) is 0.643. The summed E-state index contributed by atoms with van der Waals surface area (Å²) in [5.41, 5.74) is 3.66. The Hall–Kier alpha value is -0.930.